The summed E-state index contributed by atoms with van der Waals surface area (Å²) < 4.78 is 2.75. The Morgan fingerprint density at radius 2 is 0.742 bits per heavy atom. The van der Waals surface area contributed by atoms with Crippen LogP contribution in [0.4, 0.5) is 0 Å². The topological polar surface area (TPSA) is 103 Å². The van der Waals surface area contributed by atoms with Crippen molar-refractivity contribution in [3.05, 3.63) is 161 Å². The Kier molecular flexibility index (Phi) is 24.7. The first-order valence-electron chi connectivity index (χ1n) is 21.4. The van der Waals surface area contributed by atoms with Crippen molar-refractivity contribution in [1.29, 1.82) is 0 Å². The summed E-state index contributed by atoms with van der Waals surface area (Å²) in [5, 5.41) is 1.73. The Balaban J connectivity index is 0.000000396. The highest BCUT2D eigenvalue weighted by Crippen LogP contribution is 2.26. The molecule has 8 nitrogen and oxygen atoms in total. The molecule has 0 spiro atoms. The first-order valence-corrected chi connectivity index (χ1v) is 25.0. The molecular formula is C52H70Br3Cl3N8. The van der Waals surface area contributed by atoms with Gasteiger partial charge in [0.1, 0.15) is 19.5 Å². The van der Waals surface area contributed by atoms with Crippen LogP contribution in [0, 0.1) is 0 Å². The smallest absolute Gasteiger partial charge is 0.147 e. The molecule has 0 atom stereocenters. The third-order valence-corrected chi connectivity index (χ3v) is 10.7. The number of pyridine rings is 4. The number of hydrogen-bond acceptors (Lipinski definition) is 8. The van der Waals surface area contributed by atoms with E-state index in [9.17, 15) is 0 Å². The molecular weight excluding hydrogens is 1080 g/mol. The molecule has 0 aliphatic carbocycles. The number of rotatable bonds is 0. The van der Waals surface area contributed by atoms with Gasteiger partial charge in [-0.05, 0) is 106 Å². The molecule has 0 saturated heterocycles. The average molecular weight is 1150 g/mol. The van der Waals surface area contributed by atoms with Gasteiger partial charge in [0.05, 0.1) is 28.8 Å². The molecule has 6 rings (SSSR count). The summed E-state index contributed by atoms with van der Waals surface area (Å²) in [5.41, 5.74) is 7.17. The Labute approximate surface area is 437 Å². The molecule has 0 fully saturated rings. The average Bonchev–Trinajstić information content (AvgIpc) is 3.17. The fourth-order valence-corrected chi connectivity index (χ4v) is 6.21. The lowest BCUT2D eigenvalue weighted by atomic mass is 9.88. The molecule has 0 unspecified atom stereocenters. The van der Waals surface area contributed by atoms with E-state index in [1.54, 1.807) is 37.1 Å². The maximum atomic E-state index is 5.79. The van der Waals surface area contributed by atoms with E-state index in [1.165, 1.54) is 17.3 Å². The van der Waals surface area contributed by atoms with Gasteiger partial charge in [-0.1, -0.05) is 172 Å². The van der Waals surface area contributed by atoms with Crippen LogP contribution in [-0.2, 0) is 32.5 Å². The van der Waals surface area contributed by atoms with Gasteiger partial charge in [-0.2, -0.15) is 0 Å². The molecule has 0 aliphatic rings. The van der Waals surface area contributed by atoms with Gasteiger partial charge in [0.2, 0.25) is 0 Å². The maximum absolute atomic E-state index is 5.79. The third kappa shape index (κ3) is 25.4. The molecule has 14 heteroatoms. The molecule has 0 bridgehead atoms. The Bertz CT molecular complexity index is 1940. The summed E-state index contributed by atoms with van der Waals surface area (Å²) in [5.74, 6) is 0. The summed E-state index contributed by atoms with van der Waals surface area (Å²) in [6, 6.07) is 15.8. The molecule has 360 valence electrons. The summed E-state index contributed by atoms with van der Waals surface area (Å²) in [4.78, 5) is 33.1. The summed E-state index contributed by atoms with van der Waals surface area (Å²) in [6.07, 6.45) is 14.0. The van der Waals surface area contributed by atoms with E-state index in [-0.39, 0.29) is 32.5 Å². The zero-order chi connectivity index (χ0) is 50.9. The van der Waals surface area contributed by atoms with Gasteiger partial charge < -0.3 is 0 Å². The van der Waals surface area contributed by atoms with Gasteiger partial charge >= 0.3 is 0 Å². The van der Waals surface area contributed by atoms with Crippen molar-refractivity contribution in [2.75, 3.05) is 0 Å². The van der Waals surface area contributed by atoms with E-state index in [2.05, 4.69) is 218 Å². The van der Waals surface area contributed by atoms with Crippen molar-refractivity contribution in [3.63, 3.8) is 0 Å². The predicted molar refractivity (Wildman–Crippen MR) is 291 cm³/mol. The number of halogens is 6. The van der Waals surface area contributed by atoms with Crippen LogP contribution in [0.1, 0.15) is 159 Å². The molecule has 0 N–H and O–H groups in total. The molecule has 0 aromatic carbocycles. The minimum absolute atomic E-state index is 0.0257. The van der Waals surface area contributed by atoms with Crippen LogP contribution >= 0.6 is 82.6 Å². The molecule has 6 heterocycles. The van der Waals surface area contributed by atoms with E-state index in [4.69, 9.17) is 34.8 Å². The van der Waals surface area contributed by atoms with Crippen LogP contribution in [0.25, 0.3) is 0 Å². The zero-order valence-corrected chi connectivity index (χ0v) is 49.1. The highest BCUT2D eigenvalue weighted by molar-refractivity contribution is 9.11. The van der Waals surface area contributed by atoms with Crippen LogP contribution in [0.2, 0.25) is 15.3 Å². The molecule has 0 radical (unpaired) electrons. The molecule has 0 amide bonds. The van der Waals surface area contributed by atoms with Crippen LogP contribution in [0.3, 0.4) is 0 Å². The van der Waals surface area contributed by atoms with Crippen LogP contribution in [0.15, 0.2) is 112 Å². The SMILES string of the molecule is CC(C)(C)c1cccc(Br)n1.CC(C)(C)c1cccc(Cl)n1.CC(C)(C)c1cncc(Br)c1.CC(C)(C)c1cncc(Br)n1.CC(C)(C)c1cncc(Cl)c1.CC(C)(C)c1cncc(Cl)n1. The van der Waals surface area contributed by atoms with Gasteiger partial charge in [0, 0.05) is 74.7 Å². The van der Waals surface area contributed by atoms with Gasteiger partial charge in [-0.15, -0.1) is 0 Å². The first kappa shape index (κ1) is 61.1. The minimum Gasteiger partial charge on any atom is -0.263 e. The minimum atomic E-state index is 0.0257. The number of nitrogens with zero attached hydrogens (tertiary/aromatic N) is 8. The van der Waals surface area contributed by atoms with Crippen LogP contribution in [0.5, 0.6) is 0 Å². The highest BCUT2D eigenvalue weighted by atomic mass is 79.9. The van der Waals surface area contributed by atoms with Gasteiger partial charge in [0.25, 0.3) is 0 Å². The Morgan fingerprint density at radius 3 is 1.06 bits per heavy atom. The number of hydrogen-bond donors (Lipinski definition) is 0. The second-order valence-electron chi connectivity index (χ2n) is 21.4. The quantitative estimate of drug-likeness (QED) is 0.139. The molecule has 0 aliphatic heterocycles. The first-order chi connectivity index (χ1) is 30.0. The second-order valence-corrected chi connectivity index (χ2v) is 25.2. The summed E-state index contributed by atoms with van der Waals surface area (Å²) in [6.45, 7) is 38.3. The monoisotopic (exact) mass is 1150 g/mol. The van der Waals surface area contributed by atoms with Gasteiger partial charge in [-0.3, -0.25) is 19.9 Å². The van der Waals surface area contributed by atoms with E-state index >= 15 is 0 Å². The van der Waals surface area contributed by atoms with Crippen molar-refractivity contribution in [3.8, 4) is 0 Å². The molecule has 6 aromatic heterocycles. The van der Waals surface area contributed by atoms with Crippen molar-refractivity contribution in [2.45, 2.75) is 157 Å². The Hall–Kier alpha value is -2.93. The van der Waals surface area contributed by atoms with Gasteiger partial charge in [-0.25, -0.2) is 19.9 Å². The summed E-state index contributed by atoms with van der Waals surface area (Å²) >= 11 is 27.2. The highest BCUT2D eigenvalue weighted by Gasteiger charge is 2.18. The van der Waals surface area contributed by atoms with Crippen molar-refractivity contribution >= 4 is 82.6 Å². The number of aromatic nitrogens is 8. The lowest BCUT2D eigenvalue weighted by molar-refractivity contribution is 0.564. The van der Waals surface area contributed by atoms with E-state index in [0.717, 1.165) is 36.5 Å². The molecule has 66 heavy (non-hydrogen) atoms. The Morgan fingerprint density at radius 1 is 0.348 bits per heavy atom. The van der Waals surface area contributed by atoms with E-state index < -0.39 is 0 Å². The standard InChI is InChI=1S/2C9H12BrN.2C9H12ClN.C8H11BrN2.C8H11ClN2/c1-9(2,3)7-4-8(10)6-11-5-7;1-9(2,3)7-5-4-6-8(10)11-7;1-9(2,3)7-4-8(10)6-11-5-7;1-9(2,3)7-5-4-6-8(10)11-7;2*1-8(2,3)6-4-10-5-7(9)11-6/h4*4-6H,1-3H3;2*4-5H,1-3H3. The lowest BCUT2D eigenvalue weighted by Gasteiger charge is -2.18. The van der Waals surface area contributed by atoms with Crippen molar-refractivity contribution in [2.24, 2.45) is 0 Å². The largest absolute Gasteiger partial charge is 0.263 e. The van der Waals surface area contributed by atoms with E-state index in [1.807, 2.05) is 48.8 Å². The zero-order valence-electron chi connectivity index (χ0n) is 42.1. The molecule has 0 saturated carbocycles. The molecule has 6 aromatic rings. The second kappa shape index (κ2) is 26.7. The lowest BCUT2D eigenvalue weighted by Crippen LogP contribution is -2.13. The fourth-order valence-electron chi connectivity index (χ4n) is 4.70. The summed E-state index contributed by atoms with van der Waals surface area (Å²) in [7, 11) is 0. The van der Waals surface area contributed by atoms with Crippen molar-refractivity contribution in [1.82, 2.24) is 39.9 Å². The fraction of sp³-hybridized carbons (Fsp3) is 0.462. The maximum Gasteiger partial charge on any atom is 0.147 e. The van der Waals surface area contributed by atoms with E-state index in [0.29, 0.717) is 15.3 Å². The van der Waals surface area contributed by atoms with Crippen molar-refractivity contribution < 1.29 is 0 Å². The van der Waals surface area contributed by atoms with Crippen LogP contribution < -0.4 is 0 Å². The predicted octanol–water partition coefficient (Wildman–Crippen LogP) is 17.3. The van der Waals surface area contributed by atoms with Crippen LogP contribution in [-0.4, -0.2) is 39.9 Å². The van der Waals surface area contributed by atoms with Gasteiger partial charge in [0.15, 0.2) is 0 Å². The third-order valence-electron chi connectivity index (χ3n) is 8.86. The normalized spacial score (nSPS) is 11.6.